The van der Waals surface area contributed by atoms with E-state index in [2.05, 4.69) is 0 Å². The first kappa shape index (κ1) is 11.9. The molecule has 0 bridgehead atoms. The molecule has 0 aromatic heterocycles. The average molecular weight is 235 g/mol. The summed E-state index contributed by atoms with van der Waals surface area (Å²) in [6.45, 7) is 3.07. The molecule has 17 heavy (non-hydrogen) atoms. The highest BCUT2D eigenvalue weighted by molar-refractivity contribution is 5.94. The summed E-state index contributed by atoms with van der Waals surface area (Å²) in [5.74, 6) is -0.925. The molecule has 0 amide bonds. The van der Waals surface area contributed by atoms with E-state index in [1.807, 2.05) is 11.0 Å². The van der Waals surface area contributed by atoms with Crippen LogP contribution in [0.4, 0.5) is 5.69 Å². The summed E-state index contributed by atoms with van der Waals surface area (Å²) >= 11 is 0. The van der Waals surface area contributed by atoms with Gasteiger partial charge in [0.25, 0.3) is 0 Å². The molecule has 1 saturated heterocycles. The average Bonchev–Trinajstić information content (AvgIpc) is 2.27. The Hall–Kier alpha value is -1.55. The van der Waals surface area contributed by atoms with Crippen LogP contribution in [-0.4, -0.2) is 34.9 Å². The Kier molecular flexibility index (Phi) is 3.07. The van der Waals surface area contributed by atoms with Gasteiger partial charge >= 0.3 is 5.97 Å². The highest BCUT2D eigenvalue weighted by atomic mass is 16.4. The van der Waals surface area contributed by atoms with Crippen LogP contribution in [0.1, 0.15) is 30.1 Å². The van der Waals surface area contributed by atoms with Crippen LogP contribution < -0.4 is 4.90 Å². The van der Waals surface area contributed by atoms with Gasteiger partial charge in [0.05, 0.1) is 16.9 Å². The number of carboxylic acid groups (broad SMARTS) is 1. The molecule has 0 aliphatic carbocycles. The fourth-order valence-corrected chi connectivity index (χ4v) is 2.36. The molecule has 2 N–H and O–H groups in total. The summed E-state index contributed by atoms with van der Waals surface area (Å²) in [6, 6.07) is 6.94. The van der Waals surface area contributed by atoms with Crippen molar-refractivity contribution in [1.29, 1.82) is 0 Å². The Labute approximate surface area is 100 Å². The van der Waals surface area contributed by atoms with Crippen LogP contribution in [0, 0.1) is 0 Å². The molecule has 1 fully saturated rings. The summed E-state index contributed by atoms with van der Waals surface area (Å²) < 4.78 is 0. The summed E-state index contributed by atoms with van der Waals surface area (Å²) in [4.78, 5) is 13.1. The minimum absolute atomic E-state index is 0.296. The number of benzene rings is 1. The molecule has 1 aliphatic heterocycles. The third-order valence-electron chi connectivity index (χ3n) is 3.15. The summed E-state index contributed by atoms with van der Waals surface area (Å²) in [5.41, 5.74) is 0.259. The van der Waals surface area contributed by atoms with Gasteiger partial charge in [0.15, 0.2) is 0 Å². The number of hydrogen-bond acceptors (Lipinski definition) is 3. The second-order valence-electron chi connectivity index (χ2n) is 4.84. The van der Waals surface area contributed by atoms with Crippen molar-refractivity contribution in [3.8, 4) is 0 Å². The Balaban J connectivity index is 2.30. The van der Waals surface area contributed by atoms with Crippen molar-refractivity contribution in [2.45, 2.75) is 25.4 Å². The number of rotatable bonds is 2. The first-order valence-corrected chi connectivity index (χ1v) is 5.79. The predicted molar refractivity (Wildman–Crippen MR) is 65.5 cm³/mol. The van der Waals surface area contributed by atoms with Crippen molar-refractivity contribution < 1.29 is 15.0 Å². The molecular weight excluding hydrogens is 218 g/mol. The van der Waals surface area contributed by atoms with Gasteiger partial charge in [0, 0.05) is 13.1 Å². The van der Waals surface area contributed by atoms with Crippen molar-refractivity contribution in [1.82, 2.24) is 0 Å². The van der Waals surface area contributed by atoms with Crippen LogP contribution in [0.25, 0.3) is 0 Å². The van der Waals surface area contributed by atoms with Gasteiger partial charge < -0.3 is 15.1 Å². The van der Waals surface area contributed by atoms with E-state index >= 15 is 0 Å². The number of carbonyl (C=O) groups is 1. The number of β-amino-alcohol motifs (C(OH)–C–C–N with tert-alkyl or cyclic N) is 1. The van der Waals surface area contributed by atoms with Crippen molar-refractivity contribution >= 4 is 11.7 Å². The zero-order valence-corrected chi connectivity index (χ0v) is 9.89. The molecule has 1 aromatic rings. The largest absolute Gasteiger partial charge is 0.478 e. The second-order valence-corrected chi connectivity index (χ2v) is 4.84. The number of carboxylic acids is 1. The van der Waals surface area contributed by atoms with Crippen molar-refractivity contribution in [3.05, 3.63) is 29.8 Å². The number of piperidine rings is 1. The number of aromatic carboxylic acids is 1. The molecule has 1 atom stereocenters. The molecular formula is C13H17NO3. The van der Waals surface area contributed by atoms with E-state index in [4.69, 9.17) is 5.11 Å². The number of aliphatic hydroxyl groups is 1. The fraction of sp³-hybridized carbons (Fsp3) is 0.462. The fourth-order valence-electron chi connectivity index (χ4n) is 2.36. The first-order chi connectivity index (χ1) is 7.99. The van der Waals surface area contributed by atoms with Crippen molar-refractivity contribution in [3.63, 3.8) is 0 Å². The van der Waals surface area contributed by atoms with E-state index in [9.17, 15) is 9.90 Å². The predicted octanol–water partition coefficient (Wildman–Crippen LogP) is 1.74. The van der Waals surface area contributed by atoms with Crippen LogP contribution in [0.15, 0.2) is 24.3 Å². The topological polar surface area (TPSA) is 60.8 Å². The first-order valence-electron chi connectivity index (χ1n) is 5.79. The lowest BCUT2D eigenvalue weighted by Crippen LogP contribution is -2.46. The molecule has 92 valence electrons. The minimum atomic E-state index is -0.925. The molecule has 1 aliphatic rings. The number of hydrogen-bond donors (Lipinski definition) is 2. The normalized spacial score (nSPS) is 24.7. The second kappa shape index (κ2) is 4.37. The highest BCUT2D eigenvalue weighted by Crippen LogP contribution is 2.28. The van der Waals surface area contributed by atoms with Crippen LogP contribution in [0.2, 0.25) is 0 Å². The quantitative estimate of drug-likeness (QED) is 0.819. The zero-order valence-electron chi connectivity index (χ0n) is 9.89. The van der Waals surface area contributed by atoms with Gasteiger partial charge in [-0.3, -0.25) is 0 Å². The van der Waals surface area contributed by atoms with Gasteiger partial charge in [0.1, 0.15) is 0 Å². The monoisotopic (exact) mass is 235 g/mol. The molecule has 1 aromatic carbocycles. The minimum Gasteiger partial charge on any atom is -0.478 e. The maximum atomic E-state index is 11.1. The van der Waals surface area contributed by atoms with Crippen molar-refractivity contribution in [2.24, 2.45) is 0 Å². The van der Waals surface area contributed by atoms with E-state index in [0.29, 0.717) is 17.8 Å². The van der Waals surface area contributed by atoms with Gasteiger partial charge in [-0.05, 0) is 31.9 Å². The Morgan fingerprint density at radius 2 is 2.12 bits per heavy atom. The van der Waals surface area contributed by atoms with Crippen LogP contribution >= 0.6 is 0 Å². The van der Waals surface area contributed by atoms with Gasteiger partial charge in [-0.25, -0.2) is 4.79 Å². The Morgan fingerprint density at radius 3 is 2.76 bits per heavy atom. The zero-order chi connectivity index (χ0) is 12.5. The molecule has 4 nitrogen and oxygen atoms in total. The molecule has 0 spiro atoms. The Bertz CT molecular complexity index is 428. The van der Waals surface area contributed by atoms with Crippen molar-refractivity contribution in [2.75, 3.05) is 18.0 Å². The van der Waals surface area contributed by atoms with Gasteiger partial charge in [-0.15, -0.1) is 0 Å². The van der Waals surface area contributed by atoms with Crippen LogP contribution in [-0.2, 0) is 0 Å². The number of para-hydroxylation sites is 1. The van der Waals surface area contributed by atoms with Gasteiger partial charge in [-0.2, -0.15) is 0 Å². The molecule has 1 heterocycles. The third-order valence-corrected chi connectivity index (χ3v) is 3.15. The lowest BCUT2D eigenvalue weighted by Gasteiger charge is -2.38. The highest BCUT2D eigenvalue weighted by Gasteiger charge is 2.29. The smallest absolute Gasteiger partial charge is 0.337 e. The van der Waals surface area contributed by atoms with E-state index in [1.54, 1.807) is 25.1 Å². The summed E-state index contributed by atoms with van der Waals surface area (Å²) in [6.07, 6.45) is 1.64. The molecule has 0 saturated carbocycles. The number of nitrogens with zero attached hydrogens (tertiary/aromatic N) is 1. The third kappa shape index (κ3) is 2.58. The van der Waals surface area contributed by atoms with Gasteiger partial charge in [0.2, 0.25) is 0 Å². The van der Waals surface area contributed by atoms with Gasteiger partial charge in [-0.1, -0.05) is 12.1 Å². The van der Waals surface area contributed by atoms with Crippen LogP contribution in [0.3, 0.4) is 0 Å². The SMILES string of the molecule is CC1(O)CCCN(c2ccccc2C(=O)O)C1. The maximum Gasteiger partial charge on any atom is 0.337 e. The molecule has 4 heteroatoms. The van der Waals surface area contributed by atoms with E-state index < -0.39 is 11.6 Å². The summed E-state index contributed by atoms with van der Waals surface area (Å²) in [7, 11) is 0. The number of anilines is 1. The molecule has 2 rings (SSSR count). The standard InChI is InChI=1S/C13H17NO3/c1-13(17)7-4-8-14(9-13)11-6-3-2-5-10(11)12(15)16/h2-3,5-6,17H,4,7-9H2,1H3,(H,15,16). The van der Waals surface area contributed by atoms with E-state index in [1.165, 1.54) is 0 Å². The van der Waals surface area contributed by atoms with Crippen LogP contribution in [0.5, 0.6) is 0 Å². The Morgan fingerprint density at radius 1 is 1.41 bits per heavy atom. The lowest BCUT2D eigenvalue weighted by atomic mass is 9.94. The molecule has 1 unspecified atom stereocenters. The molecule has 0 radical (unpaired) electrons. The lowest BCUT2D eigenvalue weighted by molar-refractivity contribution is 0.0446. The summed E-state index contributed by atoms with van der Waals surface area (Å²) in [5, 5.41) is 19.2. The van der Waals surface area contributed by atoms with E-state index in [0.717, 1.165) is 19.4 Å². The van der Waals surface area contributed by atoms with E-state index in [-0.39, 0.29) is 0 Å². The maximum absolute atomic E-state index is 11.1.